The van der Waals surface area contributed by atoms with Crippen LogP contribution in [0.3, 0.4) is 0 Å². The fourth-order valence-electron chi connectivity index (χ4n) is 1.92. The molecular formula is C13H11F3N2O2. The normalized spacial score (nSPS) is 11.7. The van der Waals surface area contributed by atoms with E-state index in [4.69, 9.17) is 0 Å². The predicted molar refractivity (Wildman–Crippen MR) is 65.0 cm³/mol. The van der Waals surface area contributed by atoms with E-state index in [1.54, 1.807) is 0 Å². The zero-order chi connectivity index (χ0) is 15.1. The average Bonchev–Trinajstić information content (AvgIpc) is 2.64. The van der Waals surface area contributed by atoms with Gasteiger partial charge in [-0.1, -0.05) is 6.07 Å². The van der Waals surface area contributed by atoms with Gasteiger partial charge in [0.25, 0.3) is 0 Å². The first kappa shape index (κ1) is 14.1. The molecule has 2 rings (SSSR count). The molecule has 0 aliphatic heterocycles. The minimum absolute atomic E-state index is 0.00223. The summed E-state index contributed by atoms with van der Waals surface area (Å²) in [4.78, 5) is 11.4. The van der Waals surface area contributed by atoms with Crippen molar-refractivity contribution >= 4 is 5.78 Å². The number of Topliss-reactive ketones (excluding diaryl/α,β-unsaturated/α-hetero) is 1. The molecule has 0 atom stereocenters. The molecule has 0 aliphatic rings. The summed E-state index contributed by atoms with van der Waals surface area (Å²) in [6.07, 6.45) is -4.49. The van der Waals surface area contributed by atoms with E-state index in [0.717, 1.165) is 16.8 Å². The lowest BCUT2D eigenvalue weighted by Crippen LogP contribution is -2.06. The number of aryl methyl sites for hydroxylation is 1. The van der Waals surface area contributed by atoms with Crippen molar-refractivity contribution in [3.63, 3.8) is 0 Å². The number of nitrogens with zero attached hydrogens (tertiary/aromatic N) is 2. The van der Waals surface area contributed by atoms with Gasteiger partial charge in [-0.25, -0.2) is 4.68 Å². The third-order valence-electron chi connectivity index (χ3n) is 2.81. The van der Waals surface area contributed by atoms with E-state index < -0.39 is 23.4 Å². The number of hydrogen-bond acceptors (Lipinski definition) is 3. The first-order valence-corrected chi connectivity index (χ1v) is 5.69. The molecule has 0 bridgehead atoms. The van der Waals surface area contributed by atoms with Crippen molar-refractivity contribution in [3.8, 4) is 11.6 Å². The van der Waals surface area contributed by atoms with E-state index in [1.165, 1.54) is 26.0 Å². The van der Waals surface area contributed by atoms with Gasteiger partial charge in [-0.05, 0) is 32.0 Å². The molecule has 0 aliphatic carbocycles. The van der Waals surface area contributed by atoms with Gasteiger partial charge in [-0.2, -0.15) is 18.3 Å². The summed E-state index contributed by atoms with van der Waals surface area (Å²) in [5.74, 6) is -0.868. The van der Waals surface area contributed by atoms with Crippen LogP contribution in [-0.2, 0) is 6.18 Å². The lowest BCUT2D eigenvalue weighted by atomic mass is 10.2. The van der Waals surface area contributed by atoms with Crippen molar-refractivity contribution in [3.05, 3.63) is 41.1 Å². The van der Waals surface area contributed by atoms with Crippen LogP contribution in [0.4, 0.5) is 13.2 Å². The van der Waals surface area contributed by atoms with Crippen molar-refractivity contribution < 1.29 is 23.1 Å². The third kappa shape index (κ3) is 2.38. The second-order valence-corrected chi connectivity index (χ2v) is 4.30. The molecule has 1 heterocycles. The fourth-order valence-corrected chi connectivity index (χ4v) is 1.92. The van der Waals surface area contributed by atoms with E-state index in [9.17, 15) is 23.1 Å². The molecule has 1 aromatic carbocycles. The summed E-state index contributed by atoms with van der Waals surface area (Å²) in [7, 11) is 0. The summed E-state index contributed by atoms with van der Waals surface area (Å²) in [6, 6.07) is 4.35. The monoisotopic (exact) mass is 284 g/mol. The van der Waals surface area contributed by atoms with Crippen molar-refractivity contribution in [1.82, 2.24) is 9.78 Å². The highest BCUT2D eigenvalue weighted by molar-refractivity contribution is 5.97. The molecule has 7 heteroatoms. The van der Waals surface area contributed by atoms with Gasteiger partial charge in [-0.3, -0.25) is 4.79 Å². The van der Waals surface area contributed by atoms with Crippen LogP contribution in [0, 0.1) is 6.92 Å². The molecule has 1 N–H and O–H groups in total. The molecule has 0 fully saturated rings. The van der Waals surface area contributed by atoms with Gasteiger partial charge >= 0.3 is 6.18 Å². The van der Waals surface area contributed by atoms with Gasteiger partial charge in [0.15, 0.2) is 5.78 Å². The Bertz CT molecular complexity index is 675. The number of rotatable bonds is 2. The van der Waals surface area contributed by atoms with Crippen molar-refractivity contribution in [1.29, 1.82) is 0 Å². The van der Waals surface area contributed by atoms with E-state index in [0.29, 0.717) is 0 Å². The maximum Gasteiger partial charge on any atom is 0.416 e. The van der Waals surface area contributed by atoms with Crippen LogP contribution in [-0.4, -0.2) is 20.7 Å². The van der Waals surface area contributed by atoms with Crippen molar-refractivity contribution in [2.24, 2.45) is 0 Å². The Morgan fingerprint density at radius 1 is 1.35 bits per heavy atom. The Labute approximate surface area is 112 Å². The molecule has 0 spiro atoms. The van der Waals surface area contributed by atoms with E-state index in [-0.39, 0.29) is 16.9 Å². The number of benzene rings is 1. The number of halogens is 3. The Balaban J connectivity index is 2.58. The van der Waals surface area contributed by atoms with Gasteiger partial charge in [-0.15, -0.1) is 0 Å². The molecule has 1 aromatic heterocycles. The summed E-state index contributed by atoms with van der Waals surface area (Å²) in [5.41, 5.74) is -0.560. The topological polar surface area (TPSA) is 55.1 Å². The second kappa shape index (κ2) is 4.66. The Morgan fingerprint density at radius 2 is 2.00 bits per heavy atom. The highest BCUT2D eigenvalue weighted by Crippen LogP contribution is 2.32. The highest BCUT2D eigenvalue weighted by atomic mass is 19.4. The Kier molecular flexibility index (Phi) is 3.29. The molecule has 0 unspecified atom stereocenters. The van der Waals surface area contributed by atoms with Gasteiger partial charge < -0.3 is 5.11 Å². The molecular weight excluding hydrogens is 273 g/mol. The lowest BCUT2D eigenvalue weighted by molar-refractivity contribution is -0.137. The molecule has 0 saturated heterocycles. The molecule has 2 aromatic rings. The molecule has 0 radical (unpaired) electrons. The largest absolute Gasteiger partial charge is 0.493 e. The number of carbonyl (C=O) groups is 1. The van der Waals surface area contributed by atoms with E-state index in [2.05, 4.69) is 5.10 Å². The smallest absolute Gasteiger partial charge is 0.416 e. The Morgan fingerprint density at radius 3 is 2.50 bits per heavy atom. The third-order valence-corrected chi connectivity index (χ3v) is 2.81. The summed E-state index contributed by atoms with van der Waals surface area (Å²) in [6.45, 7) is 2.75. The molecule has 106 valence electrons. The van der Waals surface area contributed by atoms with E-state index in [1.807, 2.05) is 0 Å². The number of aromatic hydroxyl groups is 1. The zero-order valence-corrected chi connectivity index (χ0v) is 10.7. The summed E-state index contributed by atoms with van der Waals surface area (Å²) in [5, 5.41) is 13.8. The predicted octanol–water partition coefficient (Wildman–Crippen LogP) is 3.11. The summed E-state index contributed by atoms with van der Waals surface area (Å²) >= 11 is 0. The van der Waals surface area contributed by atoms with Crippen LogP contribution in [0.25, 0.3) is 5.69 Å². The van der Waals surface area contributed by atoms with Crippen LogP contribution < -0.4 is 0 Å². The van der Waals surface area contributed by atoms with Crippen LogP contribution in [0.2, 0.25) is 0 Å². The number of carbonyl (C=O) groups excluding carboxylic acids is 1. The first-order chi connectivity index (χ1) is 9.21. The van der Waals surface area contributed by atoms with Gasteiger partial charge in [0, 0.05) is 0 Å². The van der Waals surface area contributed by atoms with Gasteiger partial charge in [0.2, 0.25) is 5.88 Å². The zero-order valence-electron chi connectivity index (χ0n) is 10.7. The maximum absolute atomic E-state index is 12.7. The number of hydrogen-bond donors (Lipinski definition) is 1. The maximum atomic E-state index is 12.7. The van der Waals surface area contributed by atoms with Gasteiger partial charge in [0.1, 0.15) is 5.56 Å². The Hall–Kier alpha value is -2.31. The fraction of sp³-hybridized carbons (Fsp3) is 0.231. The average molecular weight is 284 g/mol. The molecule has 20 heavy (non-hydrogen) atoms. The van der Waals surface area contributed by atoms with Crippen molar-refractivity contribution in [2.75, 3.05) is 0 Å². The standard InChI is InChI=1S/C13H11F3N2O2/c1-7-11(8(2)19)12(20)18(17-7)10-5-3-4-9(6-10)13(14,15)16/h3-6,20H,1-2H3. The molecule has 4 nitrogen and oxygen atoms in total. The minimum atomic E-state index is -4.49. The number of ketones is 1. The van der Waals surface area contributed by atoms with Crippen LogP contribution >= 0.6 is 0 Å². The quantitative estimate of drug-likeness (QED) is 0.862. The minimum Gasteiger partial charge on any atom is -0.493 e. The van der Waals surface area contributed by atoms with E-state index >= 15 is 0 Å². The van der Waals surface area contributed by atoms with Crippen LogP contribution in [0.15, 0.2) is 24.3 Å². The number of alkyl halides is 3. The number of aromatic nitrogens is 2. The van der Waals surface area contributed by atoms with Gasteiger partial charge in [0.05, 0.1) is 16.9 Å². The van der Waals surface area contributed by atoms with Crippen LogP contribution in [0.1, 0.15) is 28.5 Å². The van der Waals surface area contributed by atoms with Crippen LogP contribution in [0.5, 0.6) is 5.88 Å². The highest BCUT2D eigenvalue weighted by Gasteiger charge is 2.31. The SMILES string of the molecule is CC(=O)c1c(C)nn(-c2cccc(C(F)(F)F)c2)c1O. The second-order valence-electron chi connectivity index (χ2n) is 4.30. The lowest BCUT2D eigenvalue weighted by Gasteiger charge is -2.09. The summed E-state index contributed by atoms with van der Waals surface area (Å²) < 4.78 is 38.9. The first-order valence-electron chi connectivity index (χ1n) is 5.69. The van der Waals surface area contributed by atoms with Crippen molar-refractivity contribution in [2.45, 2.75) is 20.0 Å². The molecule has 0 amide bonds. The molecule has 0 saturated carbocycles.